The maximum absolute atomic E-state index is 13.4. The van der Waals surface area contributed by atoms with Crippen LogP contribution in [-0.4, -0.2) is 52.5 Å². The van der Waals surface area contributed by atoms with Crippen molar-refractivity contribution in [2.75, 3.05) is 19.6 Å². The summed E-state index contributed by atoms with van der Waals surface area (Å²) in [4.78, 5) is 33.7. The topological polar surface area (TPSA) is 78.1 Å². The highest BCUT2D eigenvalue weighted by atomic mass is 32.1. The summed E-state index contributed by atoms with van der Waals surface area (Å²) < 4.78 is 53.2. The van der Waals surface area contributed by atoms with Crippen molar-refractivity contribution >= 4 is 23.2 Å². The Morgan fingerprint density at radius 2 is 1.89 bits per heavy atom. The van der Waals surface area contributed by atoms with E-state index in [1.165, 1.54) is 41.8 Å². The molecule has 1 atom stereocenters. The molecule has 11 heteroatoms. The van der Waals surface area contributed by atoms with Crippen LogP contribution >= 0.6 is 11.3 Å². The molecule has 1 unspecified atom stereocenters. The molecule has 2 aromatic heterocycles. The standard InChI is InChI=1S/C24H24F4N4O2S/c25-17-5-3-15(4-6-17)12-21(33)32-10-7-16(8-11-32)23-31-20(14-35-23)22(34)30-13-18(24(26,27)28)19-2-1-9-29-19/h1-6,9,14,16,18,29H,7-8,10-13H2,(H,30,34). The second-order valence-corrected chi connectivity index (χ2v) is 9.35. The molecule has 0 radical (unpaired) electrons. The number of aromatic amines is 1. The monoisotopic (exact) mass is 508 g/mol. The van der Waals surface area contributed by atoms with Gasteiger partial charge in [0.1, 0.15) is 17.4 Å². The fourth-order valence-corrected chi connectivity index (χ4v) is 5.06. The molecule has 3 aromatic rings. The molecule has 0 saturated carbocycles. The van der Waals surface area contributed by atoms with Gasteiger partial charge in [-0.05, 0) is 42.7 Å². The predicted octanol–water partition coefficient (Wildman–Crippen LogP) is 4.63. The fraction of sp³-hybridized carbons (Fsp3) is 0.375. The second-order valence-electron chi connectivity index (χ2n) is 8.46. The molecule has 4 rings (SSSR count). The Balaban J connectivity index is 1.29. The van der Waals surface area contributed by atoms with Crippen molar-refractivity contribution in [3.63, 3.8) is 0 Å². The summed E-state index contributed by atoms with van der Waals surface area (Å²) in [5.74, 6) is -2.80. The number of hydrogen-bond donors (Lipinski definition) is 2. The maximum atomic E-state index is 13.4. The molecule has 35 heavy (non-hydrogen) atoms. The van der Waals surface area contributed by atoms with E-state index < -0.39 is 24.5 Å². The Morgan fingerprint density at radius 1 is 1.17 bits per heavy atom. The Morgan fingerprint density at radius 3 is 2.51 bits per heavy atom. The highest BCUT2D eigenvalue weighted by molar-refractivity contribution is 7.09. The number of aromatic nitrogens is 2. The normalized spacial score (nSPS) is 15.7. The van der Waals surface area contributed by atoms with Crippen LogP contribution in [-0.2, 0) is 11.2 Å². The van der Waals surface area contributed by atoms with Gasteiger partial charge >= 0.3 is 6.18 Å². The van der Waals surface area contributed by atoms with Gasteiger partial charge in [0.15, 0.2) is 0 Å². The van der Waals surface area contributed by atoms with Crippen molar-refractivity contribution in [2.24, 2.45) is 0 Å². The van der Waals surface area contributed by atoms with E-state index in [-0.39, 0.29) is 35.5 Å². The summed E-state index contributed by atoms with van der Waals surface area (Å²) in [5, 5.41) is 4.63. The van der Waals surface area contributed by atoms with E-state index in [2.05, 4.69) is 15.3 Å². The average Bonchev–Trinajstić information content (AvgIpc) is 3.53. The van der Waals surface area contributed by atoms with Crippen molar-refractivity contribution in [1.82, 2.24) is 20.2 Å². The first-order valence-corrected chi connectivity index (χ1v) is 12.0. The Labute approximate surface area is 203 Å². The van der Waals surface area contributed by atoms with Gasteiger partial charge in [-0.15, -0.1) is 11.3 Å². The molecule has 1 saturated heterocycles. The molecular weight excluding hydrogens is 484 g/mol. The van der Waals surface area contributed by atoms with Crippen LogP contribution in [0.3, 0.4) is 0 Å². The molecular formula is C24H24F4N4O2S. The zero-order valence-electron chi connectivity index (χ0n) is 18.6. The number of rotatable bonds is 7. The smallest absolute Gasteiger partial charge is 0.364 e. The number of nitrogens with zero attached hydrogens (tertiary/aromatic N) is 2. The number of alkyl halides is 3. The maximum Gasteiger partial charge on any atom is 0.398 e. The van der Waals surface area contributed by atoms with Gasteiger partial charge in [0.05, 0.1) is 11.4 Å². The average molecular weight is 509 g/mol. The van der Waals surface area contributed by atoms with Gasteiger partial charge in [0.25, 0.3) is 5.91 Å². The lowest BCUT2D eigenvalue weighted by atomic mass is 9.97. The largest absolute Gasteiger partial charge is 0.398 e. The van der Waals surface area contributed by atoms with E-state index in [4.69, 9.17) is 0 Å². The number of benzene rings is 1. The number of carbonyl (C=O) groups is 2. The number of nitrogens with one attached hydrogen (secondary N) is 2. The van der Waals surface area contributed by atoms with Gasteiger partial charge in [-0.25, -0.2) is 9.37 Å². The Hall–Kier alpha value is -3.21. The van der Waals surface area contributed by atoms with Gasteiger partial charge in [-0.2, -0.15) is 13.2 Å². The van der Waals surface area contributed by atoms with E-state index >= 15 is 0 Å². The molecule has 1 fully saturated rings. The van der Waals surface area contributed by atoms with Crippen molar-refractivity contribution in [1.29, 1.82) is 0 Å². The number of piperidine rings is 1. The third-order valence-corrected chi connectivity index (χ3v) is 7.09. The minimum absolute atomic E-state index is 0.0162. The van der Waals surface area contributed by atoms with E-state index in [1.807, 2.05) is 0 Å². The van der Waals surface area contributed by atoms with Gasteiger partial charge in [-0.3, -0.25) is 9.59 Å². The molecule has 1 aromatic carbocycles. The number of carbonyl (C=O) groups excluding carboxylic acids is 2. The van der Waals surface area contributed by atoms with Crippen molar-refractivity contribution in [2.45, 2.75) is 37.3 Å². The second kappa shape index (κ2) is 10.6. The summed E-state index contributed by atoms with van der Waals surface area (Å²) in [6, 6.07) is 8.66. The third kappa shape index (κ3) is 6.27. The van der Waals surface area contributed by atoms with E-state index in [9.17, 15) is 27.2 Å². The number of hydrogen-bond acceptors (Lipinski definition) is 4. The van der Waals surface area contributed by atoms with E-state index in [1.54, 1.807) is 22.4 Å². The summed E-state index contributed by atoms with van der Waals surface area (Å²) in [5.41, 5.74) is 0.822. The molecule has 3 heterocycles. The third-order valence-electron chi connectivity index (χ3n) is 6.08. The first kappa shape index (κ1) is 24.9. The minimum atomic E-state index is -4.51. The first-order valence-electron chi connectivity index (χ1n) is 11.2. The summed E-state index contributed by atoms with van der Waals surface area (Å²) >= 11 is 1.30. The molecule has 1 aliphatic rings. The zero-order valence-corrected chi connectivity index (χ0v) is 19.5. The van der Waals surface area contributed by atoms with Crippen molar-refractivity contribution in [3.05, 3.63) is 75.8 Å². The number of thiazole rings is 1. The van der Waals surface area contributed by atoms with Crippen LogP contribution in [0.4, 0.5) is 17.6 Å². The van der Waals surface area contributed by atoms with E-state index in [0.717, 1.165) is 10.6 Å². The number of likely N-dealkylation sites (tertiary alicyclic amines) is 1. The lowest BCUT2D eigenvalue weighted by Gasteiger charge is -2.31. The lowest BCUT2D eigenvalue weighted by molar-refractivity contribution is -0.149. The van der Waals surface area contributed by atoms with E-state index in [0.29, 0.717) is 25.9 Å². The van der Waals surface area contributed by atoms with Gasteiger partial charge in [0.2, 0.25) is 5.91 Å². The molecule has 0 aliphatic carbocycles. The highest BCUT2D eigenvalue weighted by Gasteiger charge is 2.41. The zero-order chi connectivity index (χ0) is 25.0. The number of amides is 2. The summed E-state index contributed by atoms with van der Waals surface area (Å²) in [6.07, 6.45) is -1.55. The number of H-pyrrole nitrogens is 1. The van der Waals surface area contributed by atoms with Crippen LogP contribution < -0.4 is 5.32 Å². The van der Waals surface area contributed by atoms with Crippen molar-refractivity contribution in [3.8, 4) is 0 Å². The lowest BCUT2D eigenvalue weighted by Crippen LogP contribution is -2.38. The quantitative estimate of drug-likeness (QED) is 0.457. The Bertz CT molecular complexity index is 1140. The molecule has 2 N–H and O–H groups in total. The highest BCUT2D eigenvalue weighted by Crippen LogP contribution is 2.34. The van der Waals surface area contributed by atoms with Crippen LogP contribution in [0.2, 0.25) is 0 Å². The SMILES string of the molecule is O=C(NCC(c1ccc[nH]1)C(F)(F)F)c1csc(C2CCN(C(=O)Cc3ccc(F)cc3)CC2)n1. The molecule has 2 amide bonds. The predicted molar refractivity (Wildman–Crippen MR) is 123 cm³/mol. The van der Waals surface area contributed by atoms with Gasteiger partial charge in [0, 0.05) is 42.8 Å². The van der Waals surface area contributed by atoms with Crippen LogP contribution in [0.15, 0.2) is 48.0 Å². The molecule has 0 bridgehead atoms. The van der Waals surface area contributed by atoms with Crippen LogP contribution in [0, 0.1) is 5.82 Å². The molecule has 186 valence electrons. The van der Waals surface area contributed by atoms with Crippen LogP contribution in [0.25, 0.3) is 0 Å². The van der Waals surface area contributed by atoms with Crippen LogP contribution in [0.5, 0.6) is 0 Å². The van der Waals surface area contributed by atoms with Crippen molar-refractivity contribution < 1.29 is 27.2 Å². The molecule has 6 nitrogen and oxygen atoms in total. The van der Waals surface area contributed by atoms with Gasteiger partial charge < -0.3 is 15.2 Å². The first-order chi connectivity index (χ1) is 16.7. The summed E-state index contributed by atoms with van der Waals surface area (Å²) in [7, 11) is 0. The summed E-state index contributed by atoms with van der Waals surface area (Å²) in [6.45, 7) is 0.481. The fourth-order valence-electron chi connectivity index (χ4n) is 4.09. The molecule has 1 aliphatic heterocycles. The number of halogens is 4. The van der Waals surface area contributed by atoms with Gasteiger partial charge in [-0.1, -0.05) is 12.1 Å². The van der Waals surface area contributed by atoms with Crippen LogP contribution in [0.1, 0.15) is 51.4 Å². The Kier molecular flexibility index (Phi) is 7.54. The minimum Gasteiger partial charge on any atom is -0.364 e. The molecule has 0 spiro atoms.